The molecule has 0 saturated carbocycles. The third kappa shape index (κ3) is 3.98. The number of thioether (sulfide) groups is 1. The Bertz CT molecular complexity index is 1050. The van der Waals surface area contributed by atoms with Crippen molar-refractivity contribution in [2.24, 2.45) is 0 Å². The molecular formula is C23H21BrN2O2S2. The van der Waals surface area contributed by atoms with Crippen LogP contribution in [0.15, 0.2) is 57.9 Å². The maximum Gasteiger partial charge on any atom is 0.267 e. The number of hydrogen-bond donors (Lipinski definition) is 0. The number of halogens is 1. The highest BCUT2D eigenvalue weighted by Crippen LogP contribution is 2.45. The summed E-state index contributed by atoms with van der Waals surface area (Å²) in [5, 5.41) is 0. The van der Waals surface area contributed by atoms with E-state index in [-0.39, 0.29) is 11.8 Å². The highest BCUT2D eigenvalue weighted by atomic mass is 79.9. The lowest BCUT2D eigenvalue weighted by molar-refractivity contribution is -0.122. The van der Waals surface area contributed by atoms with Gasteiger partial charge in [-0.05, 0) is 30.2 Å². The second-order valence-electron chi connectivity index (χ2n) is 7.27. The standard InChI is InChI=1S/C23H21BrN2O2S2/c1-2-3-7-12-25-22(28)20(30-23(25)29)19-17-13-16(24)10-11-18(17)26(21(19)27)14-15-8-5-4-6-9-15/h4-6,8-11,13H,2-3,7,12,14H2,1H3/b20-19-. The van der Waals surface area contributed by atoms with E-state index in [1.807, 2.05) is 48.5 Å². The molecule has 2 aromatic rings. The first-order valence-electron chi connectivity index (χ1n) is 9.95. The molecular weight excluding hydrogens is 480 g/mol. The van der Waals surface area contributed by atoms with Gasteiger partial charge in [-0.2, -0.15) is 0 Å². The van der Waals surface area contributed by atoms with Gasteiger partial charge in [-0.25, -0.2) is 0 Å². The van der Waals surface area contributed by atoms with Gasteiger partial charge in [0.15, 0.2) is 0 Å². The summed E-state index contributed by atoms with van der Waals surface area (Å²) in [5.74, 6) is -0.307. The van der Waals surface area contributed by atoms with Crippen LogP contribution >= 0.6 is 39.9 Å². The quantitative estimate of drug-likeness (QED) is 0.287. The van der Waals surface area contributed by atoms with Gasteiger partial charge in [0.2, 0.25) is 0 Å². The molecule has 0 spiro atoms. The van der Waals surface area contributed by atoms with E-state index in [4.69, 9.17) is 12.2 Å². The SMILES string of the molecule is CCCCCN1C(=O)/C(=C2/C(=O)N(Cc3ccccc3)c3ccc(Br)cc32)SC1=S. The fraction of sp³-hybridized carbons (Fsp3) is 0.261. The van der Waals surface area contributed by atoms with Gasteiger partial charge in [-0.15, -0.1) is 0 Å². The van der Waals surface area contributed by atoms with Gasteiger partial charge >= 0.3 is 0 Å². The number of carbonyl (C=O) groups excluding carboxylic acids is 2. The second kappa shape index (κ2) is 9.04. The molecule has 1 fully saturated rings. The fourth-order valence-corrected chi connectivity index (χ4v) is 5.45. The number of unbranched alkanes of at least 4 members (excludes halogenated alkanes) is 2. The average Bonchev–Trinajstić information content (AvgIpc) is 3.16. The smallest absolute Gasteiger partial charge is 0.267 e. The molecule has 2 aliphatic heterocycles. The van der Waals surface area contributed by atoms with Crippen LogP contribution in [0.5, 0.6) is 0 Å². The maximum absolute atomic E-state index is 13.5. The van der Waals surface area contributed by atoms with E-state index < -0.39 is 0 Å². The van der Waals surface area contributed by atoms with E-state index in [9.17, 15) is 9.59 Å². The molecule has 4 nitrogen and oxygen atoms in total. The summed E-state index contributed by atoms with van der Waals surface area (Å²) in [7, 11) is 0. The van der Waals surface area contributed by atoms with E-state index >= 15 is 0 Å². The number of nitrogens with zero attached hydrogens (tertiary/aromatic N) is 2. The van der Waals surface area contributed by atoms with Gasteiger partial charge in [0.25, 0.3) is 11.8 Å². The number of amides is 2. The van der Waals surface area contributed by atoms with Gasteiger partial charge in [0, 0.05) is 16.6 Å². The molecule has 2 aliphatic rings. The minimum absolute atomic E-state index is 0.152. The molecule has 0 atom stereocenters. The number of carbonyl (C=O) groups is 2. The zero-order chi connectivity index (χ0) is 21.3. The topological polar surface area (TPSA) is 40.6 Å². The Kier molecular flexibility index (Phi) is 6.41. The van der Waals surface area contributed by atoms with Crippen LogP contribution in [-0.2, 0) is 16.1 Å². The molecule has 0 radical (unpaired) electrons. The highest BCUT2D eigenvalue weighted by Gasteiger charge is 2.41. The van der Waals surface area contributed by atoms with Crippen LogP contribution in [0.4, 0.5) is 5.69 Å². The molecule has 0 bridgehead atoms. The summed E-state index contributed by atoms with van der Waals surface area (Å²) < 4.78 is 1.40. The van der Waals surface area contributed by atoms with E-state index in [0.29, 0.717) is 27.9 Å². The first-order chi connectivity index (χ1) is 14.5. The molecule has 154 valence electrons. The van der Waals surface area contributed by atoms with Crippen molar-refractivity contribution in [1.29, 1.82) is 0 Å². The van der Waals surface area contributed by atoms with Crippen LogP contribution in [0.2, 0.25) is 0 Å². The summed E-state index contributed by atoms with van der Waals surface area (Å²) in [6.07, 6.45) is 3.02. The predicted octanol–water partition coefficient (Wildman–Crippen LogP) is 5.76. The number of hydrogen-bond acceptors (Lipinski definition) is 4. The summed E-state index contributed by atoms with van der Waals surface area (Å²) in [6.45, 7) is 3.18. The summed E-state index contributed by atoms with van der Waals surface area (Å²) in [4.78, 5) is 30.5. The lowest BCUT2D eigenvalue weighted by Gasteiger charge is -2.17. The van der Waals surface area contributed by atoms with Gasteiger partial charge in [0.05, 0.1) is 22.7 Å². The van der Waals surface area contributed by atoms with Crippen molar-refractivity contribution in [1.82, 2.24) is 4.90 Å². The molecule has 0 aliphatic carbocycles. The van der Waals surface area contributed by atoms with Crippen LogP contribution in [0.25, 0.3) is 5.57 Å². The Hall–Kier alpha value is -1.96. The van der Waals surface area contributed by atoms with Crippen molar-refractivity contribution in [2.45, 2.75) is 32.7 Å². The molecule has 0 unspecified atom stereocenters. The van der Waals surface area contributed by atoms with Gasteiger partial charge in [-0.3, -0.25) is 14.5 Å². The van der Waals surface area contributed by atoms with E-state index in [2.05, 4.69) is 22.9 Å². The molecule has 0 N–H and O–H groups in total. The molecule has 2 aromatic carbocycles. The van der Waals surface area contributed by atoms with Crippen molar-refractivity contribution >= 4 is 67.3 Å². The second-order valence-corrected chi connectivity index (χ2v) is 9.83. The molecule has 2 amide bonds. The van der Waals surface area contributed by atoms with E-state index in [0.717, 1.165) is 40.5 Å². The maximum atomic E-state index is 13.5. The largest absolute Gasteiger partial charge is 0.303 e. The number of benzene rings is 2. The zero-order valence-corrected chi connectivity index (χ0v) is 19.8. The first-order valence-corrected chi connectivity index (χ1v) is 12.0. The Morgan fingerprint density at radius 3 is 2.50 bits per heavy atom. The first kappa shape index (κ1) is 21.3. The molecule has 7 heteroatoms. The average molecular weight is 501 g/mol. The number of rotatable bonds is 6. The Morgan fingerprint density at radius 2 is 1.77 bits per heavy atom. The predicted molar refractivity (Wildman–Crippen MR) is 130 cm³/mol. The minimum atomic E-state index is -0.156. The van der Waals surface area contributed by atoms with Gasteiger partial charge in [0.1, 0.15) is 4.32 Å². The summed E-state index contributed by atoms with van der Waals surface area (Å²) in [5.41, 5.74) is 3.09. The lowest BCUT2D eigenvalue weighted by Crippen LogP contribution is -2.30. The lowest BCUT2D eigenvalue weighted by atomic mass is 10.1. The van der Waals surface area contributed by atoms with Crippen molar-refractivity contribution in [3.05, 3.63) is 69.0 Å². The van der Waals surface area contributed by atoms with Gasteiger partial charge in [-0.1, -0.05) is 90.0 Å². The highest BCUT2D eigenvalue weighted by molar-refractivity contribution is 9.10. The normalized spacial score (nSPS) is 18.5. The van der Waals surface area contributed by atoms with Crippen LogP contribution in [-0.4, -0.2) is 27.6 Å². The van der Waals surface area contributed by atoms with Crippen molar-refractivity contribution < 1.29 is 9.59 Å². The zero-order valence-electron chi connectivity index (χ0n) is 16.6. The molecule has 4 rings (SSSR count). The van der Waals surface area contributed by atoms with Crippen molar-refractivity contribution in [2.75, 3.05) is 11.4 Å². The van der Waals surface area contributed by atoms with E-state index in [1.54, 1.807) is 9.80 Å². The Morgan fingerprint density at radius 1 is 1.00 bits per heavy atom. The van der Waals surface area contributed by atoms with Crippen LogP contribution < -0.4 is 4.90 Å². The van der Waals surface area contributed by atoms with Crippen LogP contribution in [0.1, 0.15) is 37.3 Å². The van der Waals surface area contributed by atoms with Crippen molar-refractivity contribution in [3.63, 3.8) is 0 Å². The molecule has 0 aromatic heterocycles. The summed E-state index contributed by atoms with van der Waals surface area (Å²) >= 11 is 10.2. The minimum Gasteiger partial charge on any atom is -0.303 e. The van der Waals surface area contributed by atoms with Gasteiger partial charge < -0.3 is 4.90 Å². The fourth-order valence-electron chi connectivity index (χ4n) is 3.71. The number of thiocarbonyl (C=S) groups is 1. The molecule has 2 heterocycles. The summed E-state index contributed by atoms with van der Waals surface area (Å²) in [6, 6.07) is 15.6. The Balaban J connectivity index is 1.73. The van der Waals surface area contributed by atoms with E-state index in [1.165, 1.54) is 11.8 Å². The van der Waals surface area contributed by atoms with Crippen LogP contribution in [0, 0.1) is 0 Å². The number of fused-ring (bicyclic) bond motifs is 1. The molecule has 30 heavy (non-hydrogen) atoms. The third-order valence-corrected chi connectivity index (χ3v) is 7.16. The van der Waals surface area contributed by atoms with Crippen LogP contribution in [0.3, 0.4) is 0 Å². The monoisotopic (exact) mass is 500 g/mol. The third-order valence-electron chi connectivity index (χ3n) is 5.22. The number of anilines is 1. The van der Waals surface area contributed by atoms with Crippen molar-refractivity contribution in [3.8, 4) is 0 Å². The Labute approximate surface area is 194 Å². The molecule has 1 saturated heterocycles.